The number of rotatable bonds is 10. The van der Waals surface area contributed by atoms with Crippen LogP contribution in [0.4, 0.5) is 0 Å². The average molecular weight is 544 g/mol. The number of carbonyl (C=O) groups is 2. The molecular weight excluding hydrogens is 514 g/mol. The molecule has 0 radical (unpaired) electrons. The summed E-state index contributed by atoms with van der Waals surface area (Å²) in [6.07, 6.45) is 0.504. The van der Waals surface area contributed by atoms with Gasteiger partial charge >= 0.3 is 0 Å². The van der Waals surface area contributed by atoms with E-state index in [1.807, 2.05) is 30.3 Å². The molecule has 206 valence electrons. The number of aliphatic hydroxyl groups is 1. The molecule has 3 aromatic carbocycles. The number of carbonyl (C=O) groups excluding carboxylic acids is 2. The fraction of sp³-hybridized carbons (Fsp3) is 0.226. The smallest absolute Gasteiger partial charge is 0.290 e. The molecular formula is C31H29NO8. The summed E-state index contributed by atoms with van der Waals surface area (Å²) in [4.78, 5) is 29.0. The Kier molecular flexibility index (Phi) is 7.37. The van der Waals surface area contributed by atoms with Gasteiger partial charge in [-0.2, -0.15) is 0 Å². The lowest BCUT2D eigenvalue weighted by Crippen LogP contribution is -2.33. The van der Waals surface area contributed by atoms with Crippen LogP contribution in [0.15, 0.2) is 82.5 Å². The summed E-state index contributed by atoms with van der Waals surface area (Å²) in [6.45, 7) is 0.235. The van der Waals surface area contributed by atoms with Crippen molar-refractivity contribution in [1.82, 2.24) is 4.90 Å². The third-order valence-electron chi connectivity index (χ3n) is 6.99. The number of methoxy groups -OCH3 is 4. The number of hydrogen-bond acceptors (Lipinski definition) is 8. The summed E-state index contributed by atoms with van der Waals surface area (Å²) in [5.74, 6) is -0.433. The van der Waals surface area contributed by atoms with E-state index in [0.717, 1.165) is 5.56 Å². The van der Waals surface area contributed by atoms with Crippen molar-refractivity contribution in [3.05, 3.63) is 94.9 Å². The van der Waals surface area contributed by atoms with Crippen molar-refractivity contribution in [3.63, 3.8) is 0 Å². The maximum atomic E-state index is 14.0. The van der Waals surface area contributed by atoms with Gasteiger partial charge in [-0.1, -0.05) is 42.5 Å². The molecule has 0 saturated carbocycles. The number of amides is 1. The van der Waals surface area contributed by atoms with Crippen molar-refractivity contribution in [1.29, 1.82) is 0 Å². The van der Waals surface area contributed by atoms with Crippen LogP contribution < -0.4 is 18.9 Å². The zero-order valence-electron chi connectivity index (χ0n) is 22.6. The molecule has 1 aromatic heterocycles. The largest absolute Gasteiger partial charge is 0.503 e. The molecule has 1 aliphatic rings. The van der Waals surface area contributed by atoms with E-state index in [2.05, 4.69) is 0 Å². The average Bonchev–Trinajstić information content (AvgIpc) is 3.54. The molecule has 0 saturated heterocycles. The van der Waals surface area contributed by atoms with E-state index in [9.17, 15) is 14.7 Å². The second-order valence-electron chi connectivity index (χ2n) is 9.18. The highest BCUT2D eigenvalue weighted by Crippen LogP contribution is 2.46. The Morgan fingerprint density at radius 2 is 1.55 bits per heavy atom. The number of fused-ring (bicyclic) bond motifs is 1. The summed E-state index contributed by atoms with van der Waals surface area (Å²) in [7, 11) is 5.96. The highest BCUT2D eigenvalue weighted by atomic mass is 16.5. The fourth-order valence-corrected chi connectivity index (χ4v) is 5.06. The minimum absolute atomic E-state index is 0.0313. The molecule has 0 spiro atoms. The van der Waals surface area contributed by atoms with Gasteiger partial charge in [-0.05, 0) is 41.8 Å². The van der Waals surface area contributed by atoms with Gasteiger partial charge in [0.1, 0.15) is 0 Å². The molecule has 1 amide bonds. The molecule has 0 fully saturated rings. The molecule has 0 bridgehead atoms. The van der Waals surface area contributed by atoms with Crippen LogP contribution in [0.1, 0.15) is 27.7 Å². The number of hydrogen-bond donors (Lipinski definition) is 1. The molecule has 9 nitrogen and oxygen atoms in total. The molecule has 2 heterocycles. The van der Waals surface area contributed by atoms with Crippen LogP contribution in [0, 0.1) is 0 Å². The second kappa shape index (κ2) is 11.1. The van der Waals surface area contributed by atoms with Crippen molar-refractivity contribution in [3.8, 4) is 23.0 Å². The summed E-state index contributed by atoms with van der Waals surface area (Å²) < 4.78 is 27.8. The van der Waals surface area contributed by atoms with Gasteiger partial charge in [-0.15, -0.1) is 0 Å². The first kappa shape index (κ1) is 26.7. The molecule has 1 unspecified atom stereocenters. The van der Waals surface area contributed by atoms with E-state index in [1.54, 1.807) is 36.4 Å². The predicted octanol–water partition coefficient (Wildman–Crippen LogP) is 5.29. The van der Waals surface area contributed by atoms with Crippen molar-refractivity contribution >= 4 is 22.7 Å². The molecule has 9 heteroatoms. The first-order valence-corrected chi connectivity index (χ1v) is 12.6. The zero-order chi connectivity index (χ0) is 28.4. The molecule has 1 atom stereocenters. The van der Waals surface area contributed by atoms with Crippen molar-refractivity contribution in [2.45, 2.75) is 12.5 Å². The Labute approximate surface area is 231 Å². The number of furan rings is 1. The Balaban J connectivity index is 1.63. The highest BCUT2D eigenvalue weighted by molar-refractivity contribution is 6.16. The van der Waals surface area contributed by atoms with Crippen LogP contribution in [-0.2, 0) is 11.2 Å². The highest BCUT2D eigenvalue weighted by Gasteiger charge is 2.45. The van der Waals surface area contributed by atoms with E-state index in [-0.39, 0.29) is 17.9 Å². The summed E-state index contributed by atoms with van der Waals surface area (Å²) in [6, 6.07) is 18.9. The minimum Gasteiger partial charge on any atom is -0.503 e. The molecule has 4 aromatic rings. The minimum atomic E-state index is -0.951. The van der Waals surface area contributed by atoms with Crippen LogP contribution >= 0.6 is 0 Å². The van der Waals surface area contributed by atoms with Gasteiger partial charge in [-0.3, -0.25) is 9.59 Å². The van der Waals surface area contributed by atoms with Gasteiger partial charge in [-0.25, -0.2) is 0 Å². The normalized spacial score (nSPS) is 15.1. The third-order valence-corrected chi connectivity index (χ3v) is 6.99. The Bertz CT molecular complexity index is 1580. The lowest BCUT2D eigenvalue weighted by Gasteiger charge is -2.28. The van der Waals surface area contributed by atoms with Crippen LogP contribution in [0.5, 0.6) is 23.0 Å². The molecule has 40 heavy (non-hydrogen) atoms. The fourth-order valence-electron chi connectivity index (χ4n) is 5.06. The maximum Gasteiger partial charge on any atom is 0.290 e. The van der Waals surface area contributed by atoms with E-state index < -0.39 is 23.5 Å². The van der Waals surface area contributed by atoms with E-state index >= 15 is 0 Å². The lowest BCUT2D eigenvalue weighted by molar-refractivity contribution is -0.129. The Morgan fingerprint density at radius 3 is 2.17 bits per heavy atom. The quantitative estimate of drug-likeness (QED) is 0.269. The zero-order valence-corrected chi connectivity index (χ0v) is 22.6. The SMILES string of the molecule is COc1cc(C2C(C(=O)c3cc4cccc(OC)c4o3)=C(O)C(=O)N2CCc2ccccc2)cc(OC)c1OC. The Hall–Kier alpha value is -4.92. The number of ketones is 1. The van der Waals surface area contributed by atoms with Crippen LogP contribution in [0.2, 0.25) is 0 Å². The second-order valence-corrected chi connectivity index (χ2v) is 9.18. The maximum absolute atomic E-state index is 14.0. The van der Waals surface area contributed by atoms with Gasteiger partial charge in [0, 0.05) is 11.9 Å². The number of para-hydroxylation sites is 1. The summed E-state index contributed by atoms with van der Waals surface area (Å²) >= 11 is 0. The molecule has 1 N–H and O–H groups in total. The van der Waals surface area contributed by atoms with Gasteiger partial charge in [0.15, 0.2) is 34.4 Å². The van der Waals surface area contributed by atoms with Crippen molar-refractivity contribution in [2.24, 2.45) is 0 Å². The van der Waals surface area contributed by atoms with E-state index in [4.69, 9.17) is 23.4 Å². The van der Waals surface area contributed by atoms with Gasteiger partial charge in [0.05, 0.1) is 40.1 Å². The number of benzene rings is 3. The monoisotopic (exact) mass is 543 g/mol. The van der Waals surface area contributed by atoms with Crippen molar-refractivity contribution < 1.29 is 38.1 Å². The van der Waals surface area contributed by atoms with Gasteiger partial charge in [0.2, 0.25) is 11.5 Å². The third kappa shape index (κ3) is 4.59. The number of ether oxygens (including phenoxy) is 4. The first-order valence-electron chi connectivity index (χ1n) is 12.6. The lowest BCUT2D eigenvalue weighted by atomic mass is 9.94. The summed E-state index contributed by atoms with van der Waals surface area (Å²) in [5, 5.41) is 11.8. The number of aliphatic hydroxyl groups excluding tert-OH is 1. The first-order chi connectivity index (χ1) is 19.4. The number of Topliss-reactive ketones (excluding diaryl/α,β-unsaturated/α-hetero) is 1. The van der Waals surface area contributed by atoms with E-state index in [0.29, 0.717) is 46.0 Å². The molecule has 0 aliphatic carbocycles. The Morgan fingerprint density at radius 1 is 0.875 bits per heavy atom. The molecule has 1 aliphatic heterocycles. The van der Waals surface area contributed by atoms with Crippen LogP contribution in [0.3, 0.4) is 0 Å². The van der Waals surface area contributed by atoms with Gasteiger partial charge in [0.25, 0.3) is 5.91 Å². The number of nitrogens with zero attached hydrogens (tertiary/aromatic N) is 1. The van der Waals surface area contributed by atoms with Crippen LogP contribution in [-0.4, -0.2) is 56.7 Å². The molecule has 5 rings (SSSR count). The van der Waals surface area contributed by atoms with E-state index in [1.165, 1.54) is 33.3 Å². The van der Waals surface area contributed by atoms with Crippen molar-refractivity contribution in [2.75, 3.05) is 35.0 Å². The standard InChI is InChI=1S/C31H29NO8/c1-36-21-12-8-11-19-15-22(40-29(19)21)27(33)25-26(20-16-23(37-2)30(39-4)24(17-20)38-3)32(31(35)28(25)34)14-13-18-9-6-5-7-10-18/h5-12,15-17,26,34H,13-14H2,1-4H3. The predicted molar refractivity (Wildman–Crippen MR) is 147 cm³/mol. The van der Waals surface area contributed by atoms with Crippen LogP contribution in [0.25, 0.3) is 11.0 Å². The topological polar surface area (TPSA) is 108 Å². The summed E-state index contributed by atoms with van der Waals surface area (Å²) in [5.41, 5.74) is 1.79. The van der Waals surface area contributed by atoms with Gasteiger partial charge < -0.3 is 33.4 Å².